The average Bonchev–Trinajstić information content (AvgIpc) is 3.13. The molecule has 0 aliphatic heterocycles. The van der Waals surface area contributed by atoms with Gasteiger partial charge in [-0.05, 0) is 24.6 Å². The second-order valence-electron chi connectivity index (χ2n) is 5.48. The molecule has 8 heteroatoms. The Labute approximate surface area is 152 Å². The van der Waals surface area contributed by atoms with Gasteiger partial charge in [-0.25, -0.2) is 4.79 Å². The van der Waals surface area contributed by atoms with Crippen LogP contribution in [0.5, 0.6) is 11.5 Å². The maximum Gasteiger partial charge on any atom is 0.318 e. The number of amides is 2. The fourth-order valence-electron chi connectivity index (χ4n) is 2.29. The molecule has 140 valence electrons. The summed E-state index contributed by atoms with van der Waals surface area (Å²) in [5.74, 6) is 1.94. The van der Waals surface area contributed by atoms with Crippen LogP contribution < -0.4 is 14.8 Å². The van der Waals surface area contributed by atoms with Crippen LogP contribution in [0.4, 0.5) is 4.79 Å². The number of hydrogen-bond donors (Lipinski definition) is 1. The fraction of sp³-hybridized carbons (Fsp3) is 0.389. The first-order valence-corrected chi connectivity index (χ1v) is 8.31. The number of carbonyl (C=O) groups is 1. The van der Waals surface area contributed by atoms with Gasteiger partial charge in [0.15, 0.2) is 11.5 Å². The number of hydrogen-bond acceptors (Lipinski definition) is 6. The van der Waals surface area contributed by atoms with Gasteiger partial charge < -0.3 is 24.2 Å². The van der Waals surface area contributed by atoms with Crippen molar-refractivity contribution in [3.8, 4) is 22.9 Å². The number of benzene rings is 1. The van der Waals surface area contributed by atoms with E-state index in [-0.39, 0.29) is 12.6 Å². The normalized spacial score (nSPS) is 10.3. The molecule has 0 spiro atoms. The summed E-state index contributed by atoms with van der Waals surface area (Å²) < 4.78 is 15.8. The van der Waals surface area contributed by atoms with Crippen LogP contribution in [-0.4, -0.2) is 48.4 Å². The Morgan fingerprint density at radius 2 is 2.12 bits per heavy atom. The highest BCUT2D eigenvalue weighted by molar-refractivity contribution is 5.74. The highest BCUT2D eigenvalue weighted by atomic mass is 16.5. The van der Waals surface area contributed by atoms with E-state index in [1.54, 1.807) is 37.3 Å². The molecular weight excluding hydrogens is 336 g/mol. The summed E-state index contributed by atoms with van der Waals surface area (Å²) in [4.78, 5) is 18.1. The molecule has 0 radical (unpaired) electrons. The van der Waals surface area contributed by atoms with Crippen molar-refractivity contribution < 1.29 is 18.8 Å². The first-order chi connectivity index (χ1) is 12.6. The maximum absolute atomic E-state index is 12.2. The Bertz CT molecular complexity index is 745. The summed E-state index contributed by atoms with van der Waals surface area (Å²) in [5.41, 5.74) is 0.725. The molecule has 1 heterocycles. The first-order valence-electron chi connectivity index (χ1n) is 8.31. The lowest BCUT2D eigenvalue weighted by Gasteiger charge is -2.19. The van der Waals surface area contributed by atoms with E-state index in [0.717, 1.165) is 12.0 Å². The fourth-order valence-corrected chi connectivity index (χ4v) is 2.29. The molecular formula is C18H24N4O4. The molecule has 0 saturated carbocycles. The van der Waals surface area contributed by atoms with Gasteiger partial charge in [0.2, 0.25) is 11.7 Å². The summed E-state index contributed by atoms with van der Waals surface area (Å²) in [6, 6.07) is 5.15. The van der Waals surface area contributed by atoms with Crippen LogP contribution in [0.2, 0.25) is 0 Å². The van der Waals surface area contributed by atoms with E-state index in [2.05, 4.69) is 22.0 Å². The van der Waals surface area contributed by atoms with Gasteiger partial charge in [0, 0.05) is 18.7 Å². The zero-order valence-electron chi connectivity index (χ0n) is 15.3. The number of ether oxygens (including phenoxy) is 2. The van der Waals surface area contributed by atoms with E-state index >= 15 is 0 Å². The smallest absolute Gasteiger partial charge is 0.318 e. The number of nitrogens with one attached hydrogen (secondary N) is 1. The summed E-state index contributed by atoms with van der Waals surface area (Å²) in [6.07, 6.45) is 2.51. The van der Waals surface area contributed by atoms with Crippen molar-refractivity contribution in [3.63, 3.8) is 0 Å². The van der Waals surface area contributed by atoms with Crippen molar-refractivity contribution in [2.75, 3.05) is 27.3 Å². The molecule has 1 N–H and O–H groups in total. The molecule has 1 aromatic carbocycles. The van der Waals surface area contributed by atoms with Crippen molar-refractivity contribution in [2.24, 2.45) is 0 Å². The zero-order chi connectivity index (χ0) is 18.9. The Hall–Kier alpha value is -3.03. The van der Waals surface area contributed by atoms with E-state index in [0.29, 0.717) is 36.3 Å². The minimum Gasteiger partial charge on any atom is -0.493 e. The predicted octanol–water partition coefficient (Wildman–Crippen LogP) is 2.86. The van der Waals surface area contributed by atoms with Crippen LogP contribution in [0.1, 0.15) is 19.2 Å². The van der Waals surface area contributed by atoms with Crippen LogP contribution in [0, 0.1) is 0 Å². The molecule has 1 aromatic heterocycles. The Kier molecular flexibility index (Phi) is 7.02. The van der Waals surface area contributed by atoms with E-state index in [9.17, 15) is 4.79 Å². The summed E-state index contributed by atoms with van der Waals surface area (Å²) >= 11 is 0. The molecule has 0 aliphatic carbocycles. The van der Waals surface area contributed by atoms with E-state index in [1.165, 1.54) is 0 Å². The van der Waals surface area contributed by atoms with Crippen molar-refractivity contribution in [3.05, 3.63) is 36.7 Å². The van der Waals surface area contributed by atoms with Crippen molar-refractivity contribution in [1.82, 2.24) is 20.4 Å². The molecule has 0 atom stereocenters. The standard InChI is InChI=1S/C18H24N4O4/c1-5-9-19-18(23)22(10-6-2)12-16-20-17(21-26-16)13-7-8-14(24-3)15(11-13)25-4/h6-8,11H,2,5,9-10,12H2,1,3-4H3,(H,19,23). The molecule has 0 bridgehead atoms. The minimum absolute atomic E-state index is 0.196. The topological polar surface area (TPSA) is 89.7 Å². The number of urea groups is 1. The second kappa shape index (κ2) is 9.45. The highest BCUT2D eigenvalue weighted by Gasteiger charge is 2.17. The molecule has 0 fully saturated rings. The van der Waals surface area contributed by atoms with Crippen molar-refractivity contribution >= 4 is 6.03 Å². The average molecular weight is 360 g/mol. The molecule has 2 rings (SSSR count). The molecule has 0 aliphatic rings. The van der Waals surface area contributed by atoms with E-state index in [4.69, 9.17) is 14.0 Å². The summed E-state index contributed by atoms with van der Waals surface area (Å²) in [5, 5.41) is 6.81. The number of methoxy groups -OCH3 is 2. The molecule has 8 nitrogen and oxygen atoms in total. The van der Waals surface area contributed by atoms with Crippen LogP contribution in [0.3, 0.4) is 0 Å². The number of rotatable bonds is 9. The third-order valence-corrected chi connectivity index (χ3v) is 3.60. The minimum atomic E-state index is -0.197. The maximum atomic E-state index is 12.2. The van der Waals surface area contributed by atoms with Gasteiger partial charge in [-0.1, -0.05) is 18.2 Å². The zero-order valence-corrected chi connectivity index (χ0v) is 15.3. The molecule has 2 amide bonds. The third kappa shape index (κ3) is 4.75. The highest BCUT2D eigenvalue weighted by Crippen LogP contribution is 2.31. The molecule has 2 aromatic rings. The van der Waals surface area contributed by atoms with Gasteiger partial charge in [0.1, 0.15) is 6.54 Å². The van der Waals surface area contributed by atoms with Crippen molar-refractivity contribution in [2.45, 2.75) is 19.9 Å². The van der Waals surface area contributed by atoms with Crippen LogP contribution in [0.15, 0.2) is 35.4 Å². The monoisotopic (exact) mass is 360 g/mol. The van der Waals surface area contributed by atoms with E-state index < -0.39 is 0 Å². The number of carbonyl (C=O) groups excluding carboxylic acids is 1. The lowest BCUT2D eigenvalue weighted by molar-refractivity contribution is 0.193. The van der Waals surface area contributed by atoms with Gasteiger partial charge in [-0.3, -0.25) is 0 Å². The Morgan fingerprint density at radius 1 is 1.35 bits per heavy atom. The molecule has 26 heavy (non-hydrogen) atoms. The predicted molar refractivity (Wildman–Crippen MR) is 97.1 cm³/mol. The number of nitrogens with zero attached hydrogens (tertiary/aromatic N) is 3. The van der Waals surface area contributed by atoms with Gasteiger partial charge in [0.25, 0.3) is 0 Å². The third-order valence-electron chi connectivity index (χ3n) is 3.60. The van der Waals surface area contributed by atoms with Gasteiger partial charge in [-0.2, -0.15) is 4.98 Å². The van der Waals surface area contributed by atoms with E-state index in [1.807, 2.05) is 13.0 Å². The van der Waals surface area contributed by atoms with Crippen LogP contribution in [0.25, 0.3) is 11.4 Å². The van der Waals surface area contributed by atoms with Gasteiger partial charge in [-0.15, -0.1) is 6.58 Å². The Balaban J connectivity index is 2.15. The second-order valence-corrected chi connectivity index (χ2v) is 5.48. The Morgan fingerprint density at radius 3 is 2.77 bits per heavy atom. The van der Waals surface area contributed by atoms with Crippen LogP contribution in [-0.2, 0) is 6.54 Å². The molecule has 0 unspecified atom stereocenters. The number of aromatic nitrogens is 2. The summed E-state index contributed by atoms with van der Waals surface area (Å²) in [6.45, 7) is 6.85. The first kappa shape index (κ1) is 19.3. The lowest BCUT2D eigenvalue weighted by Crippen LogP contribution is -2.39. The van der Waals surface area contributed by atoms with Gasteiger partial charge in [0.05, 0.1) is 14.2 Å². The molecule has 0 saturated heterocycles. The largest absolute Gasteiger partial charge is 0.493 e. The van der Waals surface area contributed by atoms with Crippen LogP contribution >= 0.6 is 0 Å². The quantitative estimate of drug-likeness (QED) is 0.692. The SMILES string of the molecule is C=CCN(Cc1nc(-c2ccc(OC)c(OC)c2)no1)C(=O)NCCC. The summed E-state index contributed by atoms with van der Waals surface area (Å²) in [7, 11) is 3.13. The lowest BCUT2D eigenvalue weighted by atomic mass is 10.2. The van der Waals surface area contributed by atoms with Crippen molar-refractivity contribution in [1.29, 1.82) is 0 Å². The van der Waals surface area contributed by atoms with Gasteiger partial charge >= 0.3 is 6.03 Å².